The summed E-state index contributed by atoms with van der Waals surface area (Å²) in [6.07, 6.45) is 1.21. The summed E-state index contributed by atoms with van der Waals surface area (Å²) in [6.45, 7) is 0.539. The second kappa shape index (κ2) is 3.67. The van der Waals surface area contributed by atoms with Gasteiger partial charge in [-0.25, -0.2) is 4.79 Å². The number of fused-ring (bicyclic) bond motifs is 2. The molecule has 3 fully saturated rings. The molecule has 0 radical (unpaired) electrons. The lowest BCUT2D eigenvalue weighted by molar-refractivity contribution is -0.193. The highest BCUT2D eigenvalue weighted by molar-refractivity contribution is 6.21. The number of carbonyl (C=O) groups is 3. The van der Waals surface area contributed by atoms with Crippen molar-refractivity contribution in [2.24, 2.45) is 5.92 Å². The van der Waals surface area contributed by atoms with Crippen LogP contribution in [0.3, 0.4) is 0 Å². The Balaban J connectivity index is 1.57. The van der Waals surface area contributed by atoms with Crippen LogP contribution in [0.1, 0.15) is 33.6 Å². The van der Waals surface area contributed by atoms with E-state index in [1.54, 1.807) is 12.1 Å². The van der Waals surface area contributed by atoms with Crippen LogP contribution in [0.2, 0.25) is 0 Å². The van der Waals surface area contributed by atoms with Crippen molar-refractivity contribution in [3.8, 4) is 0 Å². The maximum atomic E-state index is 12.1. The number of carbonyl (C=O) groups excluding carboxylic acids is 3. The van der Waals surface area contributed by atoms with Crippen LogP contribution >= 0.6 is 0 Å². The highest BCUT2D eigenvalue weighted by Crippen LogP contribution is 2.49. The average Bonchev–Trinajstić information content (AvgIpc) is 3.08. The quantitative estimate of drug-likeness (QED) is 0.749. The van der Waals surface area contributed by atoms with Crippen LogP contribution in [0, 0.1) is 5.92 Å². The molecule has 1 aromatic carbocycles. The first kappa shape index (κ1) is 11.6. The van der Waals surface area contributed by atoms with Gasteiger partial charge < -0.3 is 9.57 Å². The van der Waals surface area contributed by atoms with Crippen molar-refractivity contribution < 1.29 is 24.0 Å². The summed E-state index contributed by atoms with van der Waals surface area (Å²) < 4.78 is 5.41. The Kier molecular flexibility index (Phi) is 2.13. The molecule has 4 aliphatic rings. The zero-order valence-electron chi connectivity index (χ0n) is 10.5. The van der Waals surface area contributed by atoms with Gasteiger partial charge >= 0.3 is 5.97 Å². The molecule has 1 saturated carbocycles. The molecule has 2 bridgehead atoms. The molecule has 0 spiro atoms. The SMILES string of the molecule is O=C1c2ccccc2C(=O)N1OC(=O)C12CC(CO1)C2. The Hall–Kier alpha value is -2.21. The average molecular weight is 273 g/mol. The molecule has 0 atom stereocenters. The molecule has 1 aromatic rings. The zero-order chi connectivity index (χ0) is 13.9. The first-order valence-electron chi connectivity index (χ1n) is 6.45. The number of ether oxygens (including phenoxy) is 1. The Morgan fingerprint density at radius 2 is 1.80 bits per heavy atom. The summed E-state index contributed by atoms with van der Waals surface area (Å²) in [5.41, 5.74) is -0.441. The Bertz CT molecular complexity index is 606. The predicted molar refractivity (Wildman–Crippen MR) is 64.4 cm³/mol. The van der Waals surface area contributed by atoms with E-state index >= 15 is 0 Å². The summed E-state index contributed by atoms with van der Waals surface area (Å²) in [4.78, 5) is 41.2. The molecular formula is C14H11NO5. The van der Waals surface area contributed by atoms with Crippen molar-refractivity contribution in [3.05, 3.63) is 35.4 Å². The summed E-state index contributed by atoms with van der Waals surface area (Å²) in [5.74, 6) is -1.47. The zero-order valence-corrected chi connectivity index (χ0v) is 10.5. The first-order chi connectivity index (χ1) is 9.61. The highest BCUT2D eigenvalue weighted by atomic mass is 16.7. The maximum Gasteiger partial charge on any atom is 0.364 e. The molecule has 0 N–H and O–H groups in total. The normalized spacial score (nSPS) is 30.2. The molecule has 1 aliphatic carbocycles. The van der Waals surface area contributed by atoms with Crippen LogP contribution in [0.5, 0.6) is 0 Å². The third kappa shape index (κ3) is 1.34. The third-order valence-corrected chi connectivity index (χ3v) is 4.14. The van der Waals surface area contributed by atoms with Gasteiger partial charge in [0.05, 0.1) is 17.7 Å². The van der Waals surface area contributed by atoms with Gasteiger partial charge in [-0.1, -0.05) is 17.2 Å². The first-order valence-corrected chi connectivity index (χ1v) is 6.45. The van der Waals surface area contributed by atoms with Gasteiger partial charge in [0, 0.05) is 0 Å². The number of nitrogens with zero attached hydrogens (tertiary/aromatic N) is 1. The molecule has 0 aromatic heterocycles. The third-order valence-electron chi connectivity index (χ3n) is 4.14. The van der Waals surface area contributed by atoms with Gasteiger partial charge in [-0.2, -0.15) is 0 Å². The summed E-state index contributed by atoms with van der Waals surface area (Å²) >= 11 is 0. The molecule has 3 aliphatic heterocycles. The van der Waals surface area contributed by atoms with E-state index in [0.29, 0.717) is 30.4 Å². The molecule has 3 heterocycles. The fourth-order valence-corrected chi connectivity index (χ4v) is 3.03. The Labute approximate surface area is 114 Å². The summed E-state index contributed by atoms with van der Waals surface area (Å²) in [7, 11) is 0. The minimum Gasteiger partial charge on any atom is -0.363 e. The van der Waals surface area contributed by atoms with Gasteiger partial charge in [0.25, 0.3) is 11.8 Å². The standard InChI is InChI=1S/C14H11NO5/c16-11-9-3-1-2-4-10(9)12(17)15(11)20-13(18)14-5-8(6-14)7-19-14/h1-4,8H,5-7H2. The van der Waals surface area contributed by atoms with Gasteiger partial charge in [-0.15, -0.1) is 0 Å². The van der Waals surface area contributed by atoms with Crippen molar-refractivity contribution in [2.45, 2.75) is 18.4 Å². The monoisotopic (exact) mass is 273 g/mol. The minimum absolute atomic E-state index is 0.252. The lowest BCUT2D eigenvalue weighted by atomic mass is 9.75. The van der Waals surface area contributed by atoms with E-state index in [0.717, 1.165) is 0 Å². The molecule has 2 amide bonds. The van der Waals surface area contributed by atoms with Crippen LogP contribution in [-0.2, 0) is 14.4 Å². The van der Waals surface area contributed by atoms with E-state index in [-0.39, 0.29) is 11.1 Å². The van der Waals surface area contributed by atoms with Crippen molar-refractivity contribution in [3.63, 3.8) is 0 Å². The van der Waals surface area contributed by atoms with Crippen LogP contribution in [0.15, 0.2) is 24.3 Å². The van der Waals surface area contributed by atoms with Gasteiger partial charge in [0.2, 0.25) is 0 Å². The molecule has 5 rings (SSSR count). The molecule has 0 unspecified atom stereocenters. The van der Waals surface area contributed by atoms with Crippen molar-refractivity contribution >= 4 is 17.8 Å². The van der Waals surface area contributed by atoms with Gasteiger partial charge in [-0.05, 0) is 30.9 Å². The molecule has 6 nitrogen and oxygen atoms in total. The van der Waals surface area contributed by atoms with E-state index in [4.69, 9.17) is 9.57 Å². The van der Waals surface area contributed by atoms with Gasteiger partial charge in [0.1, 0.15) is 0 Å². The van der Waals surface area contributed by atoms with Crippen molar-refractivity contribution in [2.75, 3.05) is 6.61 Å². The van der Waals surface area contributed by atoms with Gasteiger partial charge in [0.15, 0.2) is 5.60 Å². The molecule has 6 heteroatoms. The fraction of sp³-hybridized carbons (Fsp3) is 0.357. The number of rotatable bonds is 2. The van der Waals surface area contributed by atoms with Crippen LogP contribution in [-0.4, -0.2) is 35.1 Å². The predicted octanol–water partition coefficient (Wildman–Crippen LogP) is 0.920. The van der Waals surface area contributed by atoms with E-state index in [9.17, 15) is 14.4 Å². The van der Waals surface area contributed by atoms with Gasteiger partial charge in [-0.3, -0.25) is 9.59 Å². The lowest BCUT2D eigenvalue weighted by Crippen LogP contribution is -2.49. The minimum atomic E-state index is -0.944. The van der Waals surface area contributed by atoms with E-state index in [2.05, 4.69) is 0 Å². The van der Waals surface area contributed by atoms with Crippen molar-refractivity contribution in [1.82, 2.24) is 5.06 Å². The van der Waals surface area contributed by atoms with E-state index in [1.165, 1.54) is 12.1 Å². The number of hydrogen-bond acceptors (Lipinski definition) is 5. The molecular weight excluding hydrogens is 262 g/mol. The maximum absolute atomic E-state index is 12.1. The number of amides is 2. The summed E-state index contributed by atoms with van der Waals surface area (Å²) in [5, 5.41) is 0.538. The van der Waals surface area contributed by atoms with E-state index in [1.807, 2.05) is 0 Å². The Morgan fingerprint density at radius 1 is 1.20 bits per heavy atom. The largest absolute Gasteiger partial charge is 0.364 e. The second-order valence-electron chi connectivity index (χ2n) is 5.41. The van der Waals surface area contributed by atoms with Crippen LogP contribution in [0.25, 0.3) is 0 Å². The van der Waals surface area contributed by atoms with E-state index < -0.39 is 23.4 Å². The van der Waals surface area contributed by atoms with Crippen LogP contribution in [0.4, 0.5) is 0 Å². The van der Waals surface area contributed by atoms with Crippen molar-refractivity contribution in [1.29, 1.82) is 0 Å². The summed E-state index contributed by atoms with van der Waals surface area (Å²) in [6, 6.07) is 6.38. The fourth-order valence-electron chi connectivity index (χ4n) is 3.03. The number of benzene rings is 1. The molecule has 102 valence electrons. The lowest BCUT2D eigenvalue weighted by Gasteiger charge is -2.33. The number of hydroxylamine groups is 2. The smallest absolute Gasteiger partial charge is 0.363 e. The topological polar surface area (TPSA) is 72.9 Å². The number of imide groups is 1. The highest BCUT2D eigenvalue weighted by Gasteiger charge is 2.59. The molecule has 2 saturated heterocycles. The molecule has 20 heavy (non-hydrogen) atoms. The second-order valence-corrected chi connectivity index (χ2v) is 5.41. The number of hydrogen-bond donors (Lipinski definition) is 0. The van der Waals surface area contributed by atoms with Crippen LogP contribution < -0.4 is 0 Å². The Morgan fingerprint density at radius 3 is 2.30 bits per heavy atom.